The molecule has 0 aromatic heterocycles. The van der Waals surface area contributed by atoms with Crippen LogP contribution in [0.5, 0.6) is 11.5 Å². The van der Waals surface area contributed by atoms with Gasteiger partial charge in [-0.2, -0.15) is 0 Å². The Hall–Kier alpha value is -2.08. The molecule has 2 heterocycles. The summed E-state index contributed by atoms with van der Waals surface area (Å²) >= 11 is 0. The SMILES string of the molecule is Cc1c(OCCCN2CCCC2)cccc1-c1cccc(OCCCN2CCCCC2CO)c1C. The summed E-state index contributed by atoms with van der Waals surface area (Å²) in [6.07, 6.45) is 8.30. The highest BCUT2D eigenvalue weighted by atomic mass is 16.5. The fourth-order valence-electron chi connectivity index (χ4n) is 5.61. The number of piperidine rings is 1. The summed E-state index contributed by atoms with van der Waals surface area (Å²) in [5.41, 5.74) is 4.78. The third-order valence-electron chi connectivity index (χ3n) is 7.74. The van der Waals surface area contributed by atoms with Crippen LogP contribution in [0.3, 0.4) is 0 Å². The van der Waals surface area contributed by atoms with Crippen molar-refractivity contribution < 1.29 is 14.6 Å². The van der Waals surface area contributed by atoms with Crippen LogP contribution in [-0.4, -0.2) is 73.5 Å². The van der Waals surface area contributed by atoms with Gasteiger partial charge in [-0.05, 0) is 106 Å². The Kier molecular flexibility index (Phi) is 9.87. The molecule has 4 rings (SSSR count). The molecule has 2 aliphatic rings. The molecule has 0 radical (unpaired) electrons. The molecule has 0 amide bonds. The summed E-state index contributed by atoms with van der Waals surface area (Å²) in [5, 5.41) is 9.63. The first kappa shape index (κ1) is 26.0. The van der Waals surface area contributed by atoms with Gasteiger partial charge in [0, 0.05) is 19.1 Å². The molecule has 1 unspecified atom stereocenters. The van der Waals surface area contributed by atoms with Crippen LogP contribution in [0.1, 0.15) is 56.1 Å². The van der Waals surface area contributed by atoms with Gasteiger partial charge in [0.1, 0.15) is 11.5 Å². The minimum absolute atomic E-state index is 0.266. The first-order valence-corrected chi connectivity index (χ1v) is 13.7. The molecule has 1 N–H and O–H groups in total. The van der Waals surface area contributed by atoms with E-state index >= 15 is 0 Å². The Morgan fingerprint density at radius 2 is 1.34 bits per heavy atom. The van der Waals surface area contributed by atoms with Gasteiger partial charge in [-0.25, -0.2) is 0 Å². The van der Waals surface area contributed by atoms with Crippen molar-refractivity contribution in [3.63, 3.8) is 0 Å². The van der Waals surface area contributed by atoms with Crippen LogP contribution in [0.25, 0.3) is 11.1 Å². The van der Waals surface area contributed by atoms with Crippen LogP contribution in [0.4, 0.5) is 0 Å². The van der Waals surface area contributed by atoms with E-state index in [0.717, 1.165) is 57.0 Å². The van der Waals surface area contributed by atoms with Gasteiger partial charge < -0.3 is 19.5 Å². The highest BCUT2D eigenvalue weighted by Crippen LogP contribution is 2.35. The topological polar surface area (TPSA) is 45.2 Å². The van der Waals surface area contributed by atoms with E-state index in [9.17, 15) is 5.11 Å². The lowest BCUT2D eigenvalue weighted by Crippen LogP contribution is -2.42. The van der Waals surface area contributed by atoms with Gasteiger partial charge in [-0.15, -0.1) is 0 Å². The zero-order chi connectivity index (χ0) is 24.5. The summed E-state index contributed by atoms with van der Waals surface area (Å²) in [4.78, 5) is 4.97. The molecule has 2 fully saturated rings. The molecular formula is C30H44N2O3. The third kappa shape index (κ3) is 6.99. The van der Waals surface area contributed by atoms with Gasteiger partial charge in [0.05, 0.1) is 19.8 Å². The standard InChI is InChI=1S/C30H44N2O3/c1-24-27(12-7-14-29(24)34-21-9-18-31-16-5-6-17-31)28-13-8-15-30(25(28)2)35-22-10-20-32-19-4-3-11-26(32)23-33/h7-8,12-15,26,33H,3-6,9-11,16-23H2,1-2H3. The lowest BCUT2D eigenvalue weighted by Gasteiger charge is -2.34. The second kappa shape index (κ2) is 13.3. The van der Waals surface area contributed by atoms with Crippen molar-refractivity contribution in [2.24, 2.45) is 0 Å². The fourth-order valence-corrected chi connectivity index (χ4v) is 5.61. The van der Waals surface area contributed by atoms with Crippen molar-refractivity contribution in [3.8, 4) is 22.6 Å². The maximum Gasteiger partial charge on any atom is 0.122 e. The molecule has 2 aliphatic heterocycles. The Morgan fingerprint density at radius 3 is 1.94 bits per heavy atom. The fraction of sp³-hybridized carbons (Fsp3) is 0.600. The maximum atomic E-state index is 9.63. The van der Waals surface area contributed by atoms with Gasteiger partial charge in [-0.1, -0.05) is 30.7 Å². The van der Waals surface area contributed by atoms with Crippen molar-refractivity contribution in [3.05, 3.63) is 47.5 Å². The van der Waals surface area contributed by atoms with Crippen LogP contribution >= 0.6 is 0 Å². The molecule has 2 saturated heterocycles. The molecule has 1 atom stereocenters. The molecule has 35 heavy (non-hydrogen) atoms. The average molecular weight is 481 g/mol. The summed E-state index contributed by atoms with van der Waals surface area (Å²) in [7, 11) is 0. The highest BCUT2D eigenvalue weighted by Gasteiger charge is 2.21. The zero-order valence-corrected chi connectivity index (χ0v) is 21.8. The molecule has 192 valence electrons. The summed E-state index contributed by atoms with van der Waals surface area (Å²) < 4.78 is 12.4. The Morgan fingerprint density at radius 1 is 0.771 bits per heavy atom. The van der Waals surface area contributed by atoms with E-state index in [1.165, 1.54) is 61.0 Å². The quantitative estimate of drug-likeness (QED) is 0.409. The summed E-state index contributed by atoms with van der Waals surface area (Å²) in [6.45, 7) is 11.7. The van der Waals surface area contributed by atoms with E-state index in [1.54, 1.807) is 0 Å². The normalized spacial score (nSPS) is 19.2. The Balaban J connectivity index is 1.32. The molecule has 5 nitrogen and oxygen atoms in total. The van der Waals surface area contributed by atoms with E-state index < -0.39 is 0 Å². The van der Waals surface area contributed by atoms with Crippen molar-refractivity contribution in [2.45, 2.75) is 64.8 Å². The average Bonchev–Trinajstić information content (AvgIpc) is 3.40. The monoisotopic (exact) mass is 480 g/mol. The smallest absolute Gasteiger partial charge is 0.122 e. The largest absolute Gasteiger partial charge is 0.493 e. The molecule has 0 spiro atoms. The van der Waals surface area contributed by atoms with E-state index in [1.807, 2.05) is 0 Å². The molecule has 2 aromatic rings. The second-order valence-corrected chi connectivity index (χ2v) is 10.2. The van der Waals surface area contributed by atoms with Gasteiger partial charge in [-0.3, -0.25) is 4.90 Å². The number of likely N-dealkylation sites (tertiary alicyclic amines) is 2. The minimum atomic E-state index is 0.266. The van der Waals surface area contributed by atoms with E-state index in [4.69, 9.17) is 9.47 Å². The van der Waals surface area contributed by atoms with Crippen LogP contribution in [0, 0.1) is 13.8 Å². The number of ether oxygens (including phenoxy) is 2. The number of hydrogen-bond donors (Lipinski definition) is 1. The van der Waals surface area contributed by atoms with Gasteiger partial charge in [0.2, 0.25) is 0 Å². The maximum absolute atomic E-state index is 9.63. The molecule has 0 bridgehead atoms. The second-order valence-electron chi connectivity index (χ2n) is 10.2. The van der Waals surface area contributed by atoms with Gasteiger partial charge >= 0.3 is 0 Å². The predicted octanol–water partition coefficient (Wildman–Crippen LogP) is 5.45. The first-order valence-electron chi connectivity index (χ1n) is 13.7. The Bertz CT molecular complexity index is 926. The number of hydrogen-bond acceptors (Lipinski definition) is 5. The number of benzene rings is 2. The number of aliphatic hydroxyl groups excluding tert-OH is 1. The summed E-state index contributed by atoms with van der Waals surface area (Å²) in [5.74, 6) is 1.94. The van der Waals surface area contributed by atoms with Crippen molar-refractivity contribution in [1.29, 1.82) is 0 Å². The van der Waals surface area contributed by atoms with Crippen LogP contribution < -0.4 is 9.47 Å². The molecule has 2 aromatic carbocycles. The van der Waals surface area contributed by atoms with Crippen molar-refractivity contribution >= 4 is 0 Å². The first-order chi connectivity index (χ1) is 17.2. The van der Waals surface area contributed by atoms with Gasteiger partial charge in [0.15, 0.2) is 0 Å². The molecule has 0 aliphatic carbocycles. The van der Waals surface area contributed by atoms with E-state index in [0.29, 0.717) is 12.6 Å². The highest BCUT2D eigenvalue weighted by molar-refractivity contribution is 5.74. The lowest BCUT2D eigenvalue weighted by atomic mass is 9.95. The van der Waals surface area contributed by atoms with Gasteiger partial charge in [0.25, 0.3) is 0 Å². The van der Waals surface area contributed by atoms with Crippen LogP contribution in [0.2, 0.25) is 0 Å². The zero-order valence-electron chi connectivity index (χ0n) is 21.8. The number of nitrogens with zero attached hydrogens (tertiary/aromatic N) is 2. The van der Waals surface area contributed by atoms with Crippen LogP contribution in [0.15, 0.2) is 36.4 Å². The van der Waals surface area contributed by atoms with Crippen molar-refractivity contribution in [1.82, 2.24) is 9.80 Å². The Labute approximate surface area is 212 Å². The lowest BCUT2D eigenvalue weighted by molar-refractivity contribution is 0.0851. The molecule has 5 heteroatoms. The summed E-state index contributed by atoms with van der Waals surface area (Å²) in [6, 6.07) is 13.0. The minimum Gasteiger partial charge on any atom is -0.493 e. The van der Waals surface area contributed by atoms with Crippen molar-refractivity contribution in [2.75, 3.05) is 52.5 Å². The van der Waals surface area contributed by atoms with E-state index in [2.05, 4.69) is 60.0 Å². The molecular weight excluding hydrogens is 436 g/mol. The molecule has 0 saturated carbocycles. The number of aliphatic hydroxyl groups is 1. The van der Waals surface area contributed by atoms with Crippen LogP contribution in [-0.2, 0) is 0 Å². The predicted molar refractivity (Wildman–Crippen MR) is 144 cm³/mol. The number of rotatable bonds is 12. The third-order valence-corrected chi connectivity index (χ3v) is 7.74. The van der Waals surface area contributed by atoms with E-state index in [-0.39, 0.29) is 6.61 Å².